The largest absolute Gasteiger partial charge is 0.439 e. The van der Waals surface area contributed by atoms with Gasteiger partial charge in [0.15, 0.2) is 5.96 Å². The number of hydrogen-bond acceptors (Lipinski definition) is 4. The van der Waals surface area contributed by atoms with Gasteiger partial charge in [-0.25, -0.2) is 9.37 Å². The second kappa shape index (κ2) is 9.18. The lowest BCUT2D eigenvalue weighted by Crippen LogP contribution is -2.36. The van der Waals surface area contributed by atoms with Crippen LogP contribution in [0.15, 0.2) is 47.6 Å². The smallest absolute Gasteiger partial charge is 0.219 e. The fourth-order valence-corrected chi connectivity index (χ4v) is 2.89. The van der Waals surface area contributed by atoms with E-state index in [0.29, 0.717) is 30.7 Å². The molecule has 2 heterocycles. The van der Waals surface area contributed by atoms with Gasteiger partial charge in [0.2, 0.25) is 5.88 Å². The normalized spacial score (nSPS) is 11.4. The fourth-order valence-electron chi connectivity index (χ4n) is 2.89. The summed E-state index contributed by atoms with van der Waals surface area (Å²) in [7, 11) is 3.67. The van der Waals surface area contributed by atoms with Crippen molar-refractivity contribution >= 4 is 5.96 Å². The van der Waals surface area contributed by atoms with Crippen molar-refractivity contribution in [1.29, 1.82) is 0 Å². The van der Waals surface area contributed by atoms with Gasteiger partial charge in [-0.2, -0.15) is 5.10 Å². The molecule has 0 aliphatic rings. The van der Waals surface area contributed by atoms with Crippen LogP contribution < -0.4 is 15.4 Å². The van der Waals surface area contributed by atoms with Crippen molar-refractivity contribution in [3.63, 3.8) is 0 Å². The molecule has 0 aliphatic carbocycles. The average Bonchev–Trinajstić information content (AvgIpc) is 2.96. The zero-order valence-corrected chi connectivity index (χ0v) is 17.0. The van der Waals surface area contributed by atoms with E-state index in [1.54, 1.807) is 25.4 Å². The maximum Gasteiger partial charge on any atom is 0.219 e. The van der Waals surface area contributed by atoms with Crippen LogP contribution in [0.4, 0.5) is 4.39 Å². The van der Waals surface area contributed by atoms with Crippen molar-refractivity contribution < 1.29 is 9.13 Å². The van der Waals surface area contributed by atoms with Crippen LogP contribution >= 0.6 is 0 Å². The van der Waals surface area contributed by atoms with Crippen LogP contribution in [0.5, 0.6) is 11.6 Å². The summed E-state index contributed by atoms with van der Waals surface area (Å²) in [5.74, 6) is 1.36. The zero-order chi connectivity index (χ0) is 20.8. The average molecular weight is 396 g/mol. The van der Waals surface area contributed by atoms with E-state index in [2.05, 4.69) is 25.7 Å². The minimum Gasteiger partial charge on any atom is -0.439 e. The third-order valence-corrected chi connectivity index (χ3v) is 4.61. The van der Waals surface area contributed by atoms with Gasteiger partial charge in [0.25, 0.3) is 0 Å². The summed E-state index contributed by atoms with van der Waals surface area (Å²) in [6.07, 6.45) is 1.68. The lowest BCUT2D eigenvalue weighted by Gasteiger charge is -2.13. The number of nitrogens with one attached hydrogen (secondary N) is 2. The van der Waals surface area contributed by atoms with Crippen LogP contribution in [-0.4, -0.2) is 27.8 Å². The Hall–Kier alpha value is -3.42. The molecule has 29 heavy (non-hydrogen) atoms. The summed E-state index contributed by atoms with van der Waals surface area (Å²) in [5, 5.41) is 11.0. The summed E-state index contributed by atoms with van der Waals surface area (Å²) in [4.78, 5) is 8.47. The number of nitrogens with zero attached hydrogens (tertiary/aromatic N) is 4. The Labute approximate surface area is 169 Å². The third kappa shape index (κ3) is 5.31. The number of aliphatic imine (C=N–C) groups is 1. The van der Waals surface area contributed by atoms with E-state index in [4.69, 9.17) is 4.74 Å². The SMILES string of the molecule is CN=C(NCc1ccnc(Oc2ccc(F)cc2)c1)NCc1c(C)nn(C)c1C. The molecule has 0 fully saturated rings. The predicted octanol–water partition coefficient (Wildman–Crippen LogP) is 3.23. The standard InChI is InChI=1S/C21H25FN6O/c1-14-19(15(2)28(4)27-14)13-26-21(23-3)25-12-16-9-10-24-20(11-16)29-18-7-5-17(22)6-8-18/h5-11H,12-13H2,1-4H3,(H2,23,25,26). The highest BCUT2D eigenvalue weighted by molar-refractivity contribution is 5.79. The van der Waals surface area contributed by atoms with Crippen LogP contribution in [0.25, 0.3) is 0 Å². The maximum absolute atomic E-state index is 13.0. The van der Waals surface area contributed by atoms with Crippen LogP contribution in [-0.2, 0) is 20.1 Å². The molecule has 0 saturated carbocycles. The van der Waals surface area contributed by atoms with Gasteiger partial charge in [0.05, 0.1) is 5.69 Å². The van der Waals surface area contributed by atoms with Crippen molar-refractivity contribution in [2.75, 3.05) is 7.05 Å². The molecule has 0 unspecified atom stereocenters. The van der Waals surface area contributed by atoms with E-state index in [1.807, 2.05) is 37.7 Å². The number of halogens is 1. The number of guanidine groups is 1. The molecular formula is C21H25FN6O. The summed E-state index contributed by atoms with van der Waals surface area (Å²) < 4.78 is 20.6. The highest BCUT2D eigenvalue weighted by Crippen LogP contribution is 2.20. The van der Waals surface area contributed by atoms with Gasteiger partial charge >= 0.3 is 0 Å². The van der Waals surface area contributed by atoms with Crippen LogP contribution in [0.1, 0.15) is 22.5 Å². The molecule has 7 nitrogen and oxygen atoms in total. The Morgan fingerprint density at radius 1 is 1.14 bits per heavy atom. The van der Waals surface area contributed by atoms with Crippen molar-refractivity contribution in [3.05, 3.63) is 70.9 Å². The van der Waals surface area contributed by atoms with Crippen LogP contribution in [0, 0.1) is 19.7 Å². The van der Waals surface area contributed by atoms with Crippen molar-refractivity contribution in [2.24, 2.45) is 12.0 Å². The number of hydrogen-bond donors (Lipinski definition) is 2. The molecule has 0 saturated heterocycles. The second-order valence-electron chi connectivity index (χ2n) is 6.61. The van der Waals surface area contributed by atoms with Gasteiger partial charge in [0.1, 0.15) is 11.6 Å². The van der Waals surface area contributed by atoms with E-state index in [-0.39, 0.29) is 5.82 Å². The topological polar surface area (TPSA) is 76.4 Å². The maximum atomic E-state index is 13.0. The van der Waals surface area contributed by atoms with Crippen LogP contribution in [0.2, 0.25) is 0 Å². The first-order valence-corrected chi connectivity index (χ1v) is 9.28. The summed E-state index contributed by atoms with van der Waals surface area (Å²) in [6.45, 7) is 5.24. The number of rotatable bonds is 6. The Balaban J connectivity index is 1.57. The summed E-state index contributed by atoms with van der Waals surface area (Å²) >= 11 is 0. The van der Waals surface area contributed by atoms with Gasteiger partial charge in [-0.05, 0) is 49.7 Å². The fraction of sp³-hybridized carbons (Fsp3) is 0.286. The van der Waals surface area contributed by atoms with E-state index in [0.717, 1.165) is 22.5 Å². The summed E-state index contributed by atoms with van der Waals surface area (Å²) in [5.41, 5.74) is 4.27. The molecule has 0 bridgehead atoms. The molecule has 8 heteroatoms. The Bertz CT molecular complexity index is 997. The summed E-state index contributed by atoms with van der Waals surface area (Å²) in [6, 6.07) is 9.56. The minimum atomic E-state index is -0.307. The molecule has 0 amide bonds. The highest BCUT2D eigenvalue weighted by atomic mass is 19.1. The number of benzene rings is 1. The van der Waals surface area contributed by atoms with E-state index in [9.17, 15) is 4.39 Å². The molecule has 2 N–H and O–H groups in total. The lowest BCUT2D eigenvalue weighted by molar-refractivity contribution is 0.460. The third-order valence-electron chi connectivity index (χ3n) is 4.61. The first-order chi connectivity index (χ1) is 14.0. The number of ether oxygens (including phenoxy) is 1. The lowest BCUT2D eigenvalue weighted by atomic mass is 10.2. The highest BCUT2D eigenvalue weighted by Gasteiger charge is 2.10. The molecule has 0 spiro atoms. The van der Waals surface area contributed by atoms with Crippen molar-refractivity contribution in [2.45, 2.75) is 26.9 Å². The molecule has 3 rings (SSSR count). The van der Waals surface area contributed by atoms with Gasteiger partial charge in [0, 0.05) is 50.7 Å². The molecule has 2 aromatic heterocycles. The Kier molecular flexibility index (Phi) is 6.43. The monoisotopic (exact) mass is 396 g/mol. The molecule has 3 aromatic rings. The van der Waals surface area contributed by atoms with Gasteiger partial charge in [-0.15, -0.1) is 0 Å². The molecule has 152 valence electrons. The first kappa shape index (κ1) is 20.3. The predicted molar refractivity (Wildman–Crippen MR) is 110 cm³/mol. The molecular weight excluding hydrogens is 371 g/mol. The van der Waals surface area contributed by atoms with Crippen molar-refractivity contribution in [3.8, 4) is 11.6 Å². The quantitative estimate of drug-likeness (QED) is 0.494. The van der Waals surface area contributed by atoms with E-state index < -0.39 is 0 Å². The zero-order valence-electron chi connectivity index (χ0n) is 17.0. The van der Waals surface area contributed by atoms with E-state index in [1.165, 1.54) is 12.1 Å². The first-order valence-electron chi connectivity index (χ1n) is 9.28. The van der Waals surface area contributed by atoms with Crippen molar-refractivity contribution in [1.82, 2.24) is 25.4 Å². The molecule has 1 aromatic carbocycles. The van der Waals surface area contributed by atoms with Gasteiger partial charge in [-0.3, -0.25) is 9.67 Å². The van der Waals surface area contributed by atoms with Gasteiger partial charge in [-0.1, -0.05) is 0 Å². The van der Waals surface area contributed by atoms with Crippen LogP contribution in [0.3, 0.4) is 0 Å². The number of aryl methyl sites for hydroxylation is 2. The molecule has 0 aliphatic heterocycles. The molecule has 0 atom stereocenters. The number of aromatic nitrogens is 3. The van der Waals surface area contributed by atoms with E-state index >= 15 is 0 Å². The number of pyridine rings is 1. The minimum absolute atomic E-state index is 0.307. The second-order valence-corrected chi connectivity index (χ2v) is 6.61. The molecule has 0 radical (unpaired) electrons. The van der Waals surface area contributed by atoms with Gasteiger partial charge < -0.3 is 15.4 Å². The Morgan fingerprint density at radius 3 is 2.52 bits per heavy atom. The Morgan fingerprint density at radius 2 is 1.86 bits per heavy atom.